The van der Waals surface area contributed by atoms with Gasteiger partial charge in [0, 0.05) is 12.1 Å². The molecule has 0 bridgehead atoms. The predicted octanol–water partition coefficient (Wildman–Crippen LogP) is 2.43. The Morgan fingerprint density at radius 2 is 1.81 bits per heavy atom. The number of hydrogen-bond acceptors (Lipinski definition) is 4. The smallest absolute Gasteiger partial charge is 0.323 e. The number of urea groups is 2. The average molecular weight is 420 g/mol. The first-order chi connectivity index (χ1) is 14.8. The van der Waals surface area contributed by atoms with E-state index in [0.29, 0.717) is 24.9 Å². The number of carbonyl (C=O) groups excluding carboxylic acids is 4. The zero-order valence-corrected chi connectivity index (χ0v) is 17.5. The first-order valence-corrected chi connectivity index (χ1v) is 10.2. The van der Waals surface area contributed by atoms with E-state index in [1.54, 1.807) is 12.1 Å². The Balaban J connectivity index is 1.40. The van der Waals surface area contributed by atoms with E-state index in [1.165, 1.54) is 0 Å². The van der Waals surface area contributed by atoms with Crippen molar-refractivity contribution in [1.29, 1.82) is 0 Å². The third-order valence-electron chi connectivity index (χ3n) is 6.09. The van der Waals surface area contributed by atoms with Gasteiger partial charge in [0.15, 0.2) is 0 Å². The van der Waals surface area contributed by atoms with Crippen LogP contribution in [0.15, 0.2) is 42.5 Å². The summed E-state index contributed by atoms with van der Waals surface area (Å²) < 4.78 is 0. The lowest BCUT2D eigenvalue weighted by molar-refractivity contribution is -0.135. The molecule has 0 radical (unpaired) electrons. The summed E-state index contributed by atoms with van der Waals surface area (Å²) in [6.45, 7) is 3.26. The molecule has 2 aliphatic rings. The molecule has 160 valence electrons. The molecule has 2 aromatic rings. The van der Waals surface area contributed by atoms with Crippen LogP contribution >= 0.6 is 0 Å². The summed E-state index contributed by atoms with van der Waals surface area (Å²) in [5, 5.41) is 7.59. The summed E-state index contributed by atoms with van der Waals surface area (Å²) in [5.74, 6) is -1.17. The molecule has 1 saturated heterocycles. The highest BCUT2D eigenvalue weighted by molar-refractivity contribution is 6.11. The molecule has 6 amide bonds. The van der Waals surface area contributed by atoms with Crippen molar-refractivity contribution in [2.75, 3.05) is 11.9 Å². The maximum Gasteiger partial charge on any atom is 0.325 e. The van der Waals surface area contributed by atoms with Gasteiger partial charge in [-0.2, -0.15) is 0 Å². The van der Waals surface area contributed by atoms with E-state index in [1.807, 2.05) is 44.2 Å². The zero-order valence-electron chi connectivity index (χ0n) is 17.5. The molecule has 8 heteroatoms. The van der Waals surface area contributed by atoms with E-state index in [2.05, 4.69) is 16.0 Å². The van der Waals surface area contributed by atoms with Crippen molar-refractivity contribution in [3.8, 4) is 0 Å². The molecular weight excluding hydrogens is 396 g/mol. The number of amides is 6. The number of anilines is 1. The normalized spacial score (nSPS) is 19.7. The SMILES string of the molecule is Cc1cccc(NC(=O)NC(=O)CN2C(=O)NC3(CCc4ccccc4C3)C2=O)c1C. The lowest BCUT2D eigenvalue weighted by Crippen LogP contribution is -2.51. The van der Waals surface area contributed by atoms with E-state index < -0.39 is 36.0 Å². The van der Waals surface area contributed by atoms with Gasteiger partial charge in [-0.25, -0.2) is 9.59 Å². The van der Waals surface area contributed by atoms with Gasteiger partial charge >= 0.3 is 12.1 Å². The number of rotatable bonds is 3. The molecule has 1 spiro atoms. The number of benzene rings is 2. The number of nitrogens with one attached hydrogen (secondary N) is 3. The number of carbonyl (C=O) groups is 4. The summed E-state index contributed by atoms with van der Waals surface area (Å²) in [6, 6.07) is 11.9. The Morgan fingerprint density at radius 1 is 1.06 bits per heavy atom. The highest BCUT2D eigenvalue weighted by Gasteiger charge is 2.52. The molecule has 2 aromatic carbocycles. The Morgan fingerprint density at radius 3 is 2.58 bits per heavy atom. The molecule has 1 unspecified atom stereocenters. The van der Waals surface area contributed by atoms with E-state index in [-0.39, 0.29) is 0 Å². The van der Waals surface area contributed by atoms with Crippen molar-refractivity contribution in [3.05, 3.63) is 64.7 Å². The molecule has 4 rings (SSSR count). The highest BCUT2D eigenvalue weighted by Crippen LogP contribution is 2.33. The second kappa shape index (κ2) is 7.86. The Labute approximate surface area is 180 Å². The summed E-state index contributed by atoms with van der Waals surface area (Å²) in [5.41, 5.74) is 3.62. The molecule has 1 aliphatic carbocycles. The topological polar surface area (TPSA) is 108 Å². The number of fused-ring (bicyclic) bond motifs is 1. The number of imide groups is 2. The Kier molecular flexibility index (Phi) is 5.22. The Hall–Kier alpha value is -3.68. The third-order valence-corrected chi connectivity index (χ3v) is 6.09. The van der Waals surface area contributed by atoms with E-state index in [9.17, 15) is 19.2 Å². The molecule has 0 aromatic heterocycles. The maximum absolute atomic E-state index is 13.1. The minimum atomic E-state index is -1.04. The van der Waals surface area contributed by atoms with Crippen LogP contribution in [0, 0.1) is 13.8 Å². The highest BCUT2D eigenvalue weighted by atomic mass is 16.2. The molecule has 1 fully saturated rings. The van der Waals surface area contributed by atoms with Gasteiger partial charge in [-0.3, -0.25) is 19.8 Å². The lowest BCUT2D eigenvalue weighted by Gasteiger charge is -2.32. The minimum absolute atomic E-state index is 0.388. The Bertz CT molecular complexity index is 1100. The van der Waals surface area contributed by atoms with Crippen LogP contribution in [0.1, 0.15) is 28.7 Å². The van der Waals surface area contributed by atoms with Crippen LogP contribution in [-0.4, -0.2) is 40.9 Å². The summed E-state index contributed by atoms with van der Waals surface area (Å²) in [7, 11) is 0. The molecule has 31 heavy (non-hydrogen) atoms. The van der Waals surface area contributed by atoms with Gasteiger partial charge in [0.25, 0.3) is 5.91 Å². The summed E-state index contributed by atoms with van der Waals surface area (Å²) in [4.78, 5) is 51.0. The van der Waals surface area contributed by atoms with Crippen molar-refractivity contribution < 1.29 is 19.2 Å². The second-order valence-corrected chi connectivity index (χ2v) is 8.10. The third kappa shape index (κ3) is 3.88. The predicted molar refractivity (Wildman–Crippen MR) is 115 cm³/mol. The van der Waals surface area contributed by atoms with Gasteiger partial charge in [-0.15, -0.1) is 0 Å². The monoisotopic (exact) mass is 420 g/mol. The largest absolute Gasteiger partial charge is 0.325 e. The fourth-order valence-corrected chi connectivity index (χ4v) is 4.19. The van der Waals surface area contributed by atoms with Gasteiger partial charge < -0.3 is 10.6 Å². The fourth-order valence-electron chi connectivity index (χ4n) is 4.19. The van der Waals surface area contributed by atoms with Crippen LogP contribution in [0.5, 0.6) is 0 Å². The van der Waals surface area contributed by atoms with Crippen LogP contribution in [0.4, 0.5) is 15.3 Å². The molecule has 3 N–H and O–H groups in total. The van der Waals surface area contributed by atoms with Crippen LogP contribution < -0.4 is 16.0 Å². The first kappa shape index (κ1) is 20.6. The minimum Gasteiger partial charge on any atom is -0.323 e. The van der Waals surface area contributed by atoms with Crippen molar-refractivity contribution >= 4 is 29.6 Å². The molecule has 1 heterocycles. The van der Waals surface area contributed by atoms with Crippen molar-refractivity contribution in [2.24, 2.45) is 0 Å². The molecule has 0 saturated carbocycles. The average Bonchev–Trinajstić information content (AvgIpc) is 2.95. The van der Waals surface area contributed by atoms with E-state index in [4.69, 9.17) is 0 Å². The lowest BCUT2D eigenvalue weighted by atomic mass is 9.78. The fraction of sp³-hybridized carbons (Fsp3) is 0.304. The molecule has 1 atom stereocenters. The summed E-state index contributed by atoms with van der Waals surface area (Å²) >= 11 is 0. The quantitative estimate of drug-likeness (QED) is 0.663. The van der Waals surface area contributed by atoms with Gasteiger partial charge in [0.2, 0.25) is 5.91 Å². The van der Waals surface area contributed by atoms with Gasteiger partial charge in [-0.1, -0.05) is 36.4 Å². The zero-order chi connectivity index (χ0) is 22.2. The maximum atomic E-state index is 13.1. The van der Waals surface area contributed by atoms with E-state index >= 15 is 0 Å². The summed E-state index contributed by atoms with van der Waals surface area (Å²) in [6.07, 6.45) is 1.53. The number of hydrogen-bond donors (Lipinski definition) is 3. The van der Waals surface area contributed by atoms with E-state index in [0.717, 1.165) is 27.2 Å². The van der Waals surface area contributed by atoms with Gasteiger partial charge in [0.1, 0.15) is 12.1 Å². The van der Waals surface area contributed by atoms with Crippen molar-refractivity contribution in [1.82, 2.24) is 15.5 Å². The standard InChI is InChI=1S/C23H24N4O4/c1-14-6-5-9-18(15(14)2)24-21(30)25-19(28)13-27-20(29)23(26-22(27)31)11-10-16-7-3-4-8-17(16)12-23/h3-9H,10-13H2,1-2H3,(H,26,31)(H2,24,25,28,30). The first-order valence-electron chi connectivity index (χ1n) is 10.2. The number of nitrogens with zero attached hydrogens (tertiary/aromatic N) is 1. The van der Waals surface area contributed by atoms with Crippen LogP contribution in [0.2, 0.25) is 0 Å². The van der Waals surface area contributed by atoms with Crippen molar-refractivity contribution in [3.63, 3.8) is 0 Å². The molecule has 8 nitrogen and oxygen atoms in total. The molecule has 1 aliphatic heterocycles. The van der Waals surface area contributed by atoms with Crippen LogP contribution in [0.25, 0.3) is 0 Å². The van der Waals surface area contributed by atoms with Gasteiger partial charge in [0.05, 0.1) is 0 Å². The molecular formula is C23H24N4O4. The second-order valence-electron chi connectivity index (χ2n) is 8.10. The van der Waals surface area contributed by atoms with Crippen molar-refractivity contribution in [2.45, 2.75) is 38.6 Å². The van der Waals surface area contributed by atoms with Crippen LogP contribution in [-0.2, 0) is 22.4 Å². The van der Waals surface area contributed by atoms with Gasteiger partial charge in [-0.05, 0) is 55.0 Å². The number of aryl methyl sites for hydroxylation is 2. The van der Waals surface area contributed by atoms with Crippen LogP contribution in [0.3, 0.4) is 0 Å².